The Balaban J connectivity index is 1.36. The minimum Gasteiger partial charge on any atom is -0.365 e. The Kier molecular flexibility index (Phi) is 6.35. The number of benzene rings is 1. The Bertz CT molecular complexity index is 1090. The monoisotopic (exact) mass is 459 g/mol. The average molecular weight is 460 g/mol. The number of carbonyl (C=O) groups is 2. The highest BCUT2D eigenvalue weighted by Gasteiger charge is 2.25. The largest absolute Gasteiger partial charge is 0.365 e. The molecule has 0 fully saturated rings. The zero-order chi connectivity index (χ0) is 21.1. The number of anilines is 3. The van der Waals surface area contributed by atoms with E-state index in [2.05, 4.69) is 20.8 Å². The molecule has 7 nitrogen and oxygen atoms in total. The van der Waals surface area contributed by atoms with Crippen LogP contribution in [0.15, 0.2) is 28.6 Å². The fraction of sp³-hybridized carbons (Fsp3) is 0.300. The van der Waals surface area contributed by atoms with Crippen LogP contribution in [0.25, 0.3) is 0 Å². The SMILES string of the molecule is Cc1cccc(Nc2nnc(SCC(=O)Nc3sc4c(c3C(N)=O)CCCC4)s2)c1. The summed E-state index contributed by atoms with van der Waals surface area (Å²) in [6.07, 6.45) is 3.93. The van der Waals surface area contributed by atoms with Gasteiger partial charge in [0.25, 0.3) is 5.91 Å². The van der Waals surface area contributed by atoms with Crippen molar-refractivity contribution in [1.29, 1.82) is 0 Å². The van der Waals surface area contributed by atoms with Crippen LogP contribution in [0.4, 0.5) is 15.8 Å². The van der Waals surface area contributed by atoms with Crippen molar-refractivity contribution >= 4 is 62.1 Å². The van der Waals surface area contributed by atoms with Crippen molar-refractivity contribution in [2.45, 2.75) is 36.9 Å². The standard InChI is InChI=1S/C20H21N5O2S3/c1-11-5-4-6-12(9-11)22-19-24-25-20(30-19)28-10-15(26)23-18-16(17(21)27)13-7-2-3-8-14(13)29-18/h4-6,9H,2-3,7-8,10H2,1H3,(H2,21,27)(H,22,24)(H,23,26). The summed E-state index contributed by atoms with van der Waals surface area (Å²) in [6, 6.07) is 7.99. The summed E-state index contributed by atoms with van der Waals surface area (Å²) >= 11 is 4.17. The van der Waals surface area contributed by atoms with Gasteiger partial charge in [-0.1, -0.05) is 35.2 Å². The van der Waals surface area contributed by atoms with E-state index in [0.717, 1.165) is 47.4 Å². The van der Waals surface area contributed by atoms with E-state index in [4.69, 9.17) is 5.73 Å². The number of aryl methyl sites for hydroxylation is 2. The zero-order valence-electron chi connectivity index (χ0n) is 16.4. The van der Waals surface area contributed by atoms with E-state index in [1.54, 1.807) is 0 Å². The number of thioether (sulfide) groups is 1. The smallest absolute Gasteiger partial charge is 0.251 e. The summed E-state index contributed by atoms with van der Waals surface area (Å²) in [4.78, 5) is 25.6. The molecule has 0 saturated heterocycles. The molecule has 4 N–H and O–H groups in total. The van der Waals surface area contributed by atoms with Gasteiger partial charge in [0.15, 0.2) is 4.34 Å². The van der Waals surface area contributed by atoms with Gasteiger partial charge >= 0.3 is 0 Å². The molecule has 0 bridgehead atoms. The number of thiophene rings is 1. The maximum absolute atomic E-state index is 12.5. The van der Waals surface area contributed by atoms with E-state index in [1.807, 2.05) is 31.2 Å². The van der Waals surface area contributed by atoms with E-state index < -0.39 is 5.91 Å². The molecular weight excluding hydrogens is 438 g/mol. The lowest BCUT2D eigenvalue weighted by Gasteiger charge is -2.11. The van der Waals surface area contributed by atoms with E-state index in [9.17, 15) is 9.59 Å². The highest BCUT2D eigenvalue weighted by atomic mass is 32.2. The van der Waals surface area contributed by atoms with Crippen LogP contribution in [0.2, 0.25) is 0 Å². The Morgan fingerprint density at radius 1 is 1.20 bits per heavy atom. The fourth-order valence-electron chi connectivity index (χ4n) is 3.37. The highest BCUT2D eigenvalue weighted by molar-refractivity contribution is 8.01. The summed E-state index contributed by atoms with van der Waals surface area (Å²) < 4.78 is 0.695. The lowest BCUT2D eigenvalue weighted by Crippen LogP contribution is -2.19. The Morgan fingerprint density at radius 2 is 2.03 bits per heavy atom. The number of hydrogen-bond acceptors (Lipinski definition) is 8. The summed E-state index contributed by atoms with van der Waals surface area (Å²) in [5.41, 5.74) is 9.18. The number of aromatic nitrogens is 2. The van der Waals surface area contributed by atoms with Crippen molar-refractivity contribution in [2.75, 3.05) is 16.4 Å². The van der Waals surface area contributed by atoms with Crippen LogP contribution in [0.3, 0.4) is 0 Å². The number of nitrogens with one attached hydrogen (secondary N) is 2. The van der Waals surface area contributed by atoms with Crippen LogP contribution in [0.5, 0.6) is 0 Å². The predicted molar refractivity (Wildman–Crippen MR) is 123 cm³/mol. The van der Waals surface area contributed by atoms with Crippen molar-refractivity contribution in [3.63, 3.8) is 0 Å². The molecule has 0 unspecified atom stereocenters. The van der Waals surface area contributed by atoms with Crippen molar-refractivity contribution in [3.8, 4) is 0 Å². The van der Waals surface area contributed by atoms with Gasteiger partial charge in [0.05, 0.1) is 11.3 Å². The molecule has 30 heavy (non-hydrogen) atoms. The van der Waals surface area contributed by atoms with Crippen molar-refractivity contribution < 1.29 is 9.59 Å². The molecule has 2 heterocycles. The van der Waals surface area contributed by atoms with Gasteiger partial charge in [-0.25, -0.2) is 0 Å². The molecule has 3 aromatic rings. The molecule has 10 heteroatoms. The van der Waals surface area contributed by atoms with Crippen molar-refractivity contribution in [2.24, 2.45) is 5.73 Å². The number of primary amides is 1. The molecule has 0 saturated carbocycles. The van der Waals surface area contributed by atoms with Gasteiger partial charge in [0.1, 0.15) is 5.00 Å². The number of carbonyl (C=O) groups excluding carboxylic acids is 2. The highest BCUT2D eigenvalue weighted by Crippen LogP contribution is 2.38. The molecule has 4 rings (SSSR count). The summed E-state index contributed by atoms with van der Waals surface area (Å²) in [5.74, 6) is -0.488. The maximum atomic E-state index is 12.5. The van der Waals surface area contributed by atoms with Crippen molar-refractivity contribution in [1.82, 2.24) is 10.2 Å². The van der Waals surface area contributed by atoms with Gasteiger partial charge in [0, 0.05) is 10.6 Å². The summed E-state index contributed by atoms with van der Waals surface area (Å²) in [7, 11) is 0. The lowest BCUT2D eigenvalue weighted by atomic mass is 9.95. The minimum absolute atomic E-state index is 0.180. The van der Waals surface area contributed by atoms with Crippen LogP contribution < -0.4 is 16.4 Å². The van der Waals surface area contributed by atoms with Crippen LogP contribution >= 0.6 is 34.4 Å². The number of amides is 2. The molecule has 2 aromatic heterocycles. The predicted octanol–water partition coefficient (Wildman–Crippen LogP) is 4.36. The molecule has 1 aliphatic rings. The Hall–Kier alpha value is -2.43. The van der Waals surface area contributed by atoms with Gasteiger partial charge in [-0.05, 0) is 55.9 Å². The normalized spacial score (nSPS) is 13.0. The molecule has 156 valence electrons. The lowest BCUT2D eigenvalue weighted by molar-refractivity contribution is -0.113. The molecule has 0 radical (unpaired) electrons. The van der Waals surface area contributed by atoms with Crippen molar-refractivity contribution in [3.05, 3.63) is 45.8 Å². The quantitative estimate of drug-likeness (QED) is 0.453. The van der Waals surface area contributed by atoms with Crippen LogP contribution in [-0.4, -0.2) is 27.8 Å². The number of rotatable bonds is 7. The first kappa shape index (κ1) is 20.8. The zero-order valence-corrected chi connectivity index (χ0v) is 18.8. The molecule has 0 atom stereocenters. The Morgan fingerprint density at radius 3 is 2.83 bits per heavy atom. The maximum Gasteiger partial charge on any atom is 0.251 e. The van der Waals surface area contributed by atoms with Gasteiger partial charge < -0.3 is 16.4 Å². The number of hydrogen-bond donors (Lipinski definition) is 3. The minimum atomic E-state index is -0.478. The number of fused-ring (bicyclic) bond motifs is 1. The van der Waals surface area contributed by atoms with Crippen LogP contribution in [-0.2, 0) is 17.6 Å². The third-order valence-corrected chi connectivity index (χ3v) is 7.85. The third kappa shape index (κ3) is 4.82. The number of nitrogens with zero attached hydrogens (tertiary/aromatic N) is 2. The van der Waals surface area contributed by atoms with Gasteiger partial charge in [-0.3, -0.25) is 9.59 Å². The molecule has 1 aromatic carbocycles. The first-order valence-corrected chi connectivity index (χ1v) is 12.2. The topological polar surface area (TPSA) is 110 Å². The second-order valence-corrected chi connectivity index (χ2v) is 10.3. The van der Waals surface area contributed by atoms with Crippen LogP contribution in [0, 0.1) is 6.92 Å². The molecule has 1 aliphatic carbocycles. The van der Waals surface area contributed by atoms with E-state index in [-0.39, 0.29) is 11.7 Å². The third-order valence-electron chi connectivity index (χ3n) is 4.67. The molecular formula is C20H21N5O2S3. The average Bonchev–Trinajstić information content (AvgIpc) is 3.30. The Labute approximate surface area is 186 Å². The van der Waals surface area contributed by atoms with Gasteiger partial charge in [-0.15, -0.1) is 21.5 Å². The first-order valence-electron chi connectivity index (χ1n) is 9.54. The van der Waals surface area contributed by atoms with E-state index in [0.29, 0.717) is 20.0 Å². The second-order valence-electron chi connectivity index (χ2n) is 6.98. The van der Waals surface area contributed by atoms with Gasteiger partial charge in [0.2, 0.25) is 11.0 Å². The van der Waals surface area contributed by atoms with Gasteiger partial charge in [-0.2, -0.15) is 0 Å². The number of nitrogens with two attached hydrogens (primary N) is 1. The molecule has 0 spiro atoms. The first-order chi connectivity index (χ1) is 14.5. The molecule has 2 amide bonds. The summed E-state index contributed by atoms with van der Waals surface area (Å²) in [5, 5.41) is 15.6. The second kappa shape index (κ2) is 9.15. The van der Waals surface area contributed by atoms with Crippen LogP contribution in [0.1, 0.15) is 39.2 Å². The fourth-order valence-corrected chi connectivity index (χ4v) is 6.25. The van der Waals surface area contributed by atoms with E-state index >= 15 is 0 Å². The molecule has 0 aliphatic heterocycles. The van der Waals surface area contributed by atoms with E-state index in [1.165, 1.54) is 34.4 Å². The summed E-state index contributed by atoms with van der Waals surface area (Å²) in [6.45, 7) is 2.03.